The van der Waals surface area contributed by atoms with E-state index < -0.39 is 0 Å². The van der Waals surface area contributed by atoms with Crippen LogP contribution in [0.2, 0.25) is 0 Å². The summed E-state index contributed by atoms with van der Waals surface area (Å²) in [5, 5.41) is 4.39. The Kier molecular flexibility index (Phi) is 4.23. The molecule has 0 aromatic carbocycles. The van der Waals surface area contributed by atoms with Crippen LogP contribution in [-0.2, 0) is 11.3 Å². The first-order valence-electron chi connectivity index (χ1n) is 6.84. The number of aryl methyl sites for hydroxylation is 2. The molecule has 6 heteroatoms. The van der Waals surface area contributed by atoms with Crippen molar-refractivity contribution < 1.29 is 4.74 Å². The third kappa shape index (κ3) is 4.26. The first-order chi connectivity index (χ1) is 8.83. The standard InChI is InChI=1S/C13H25N5O/c1-10-15-11(2)18(16-10)8-12-7-17(5-6-19-12)9-13(3,4)14/h12H,5-9,14H2,1-4H3. The Morgan fingerprint density at radius 1 is 1.42 bits per heavy atom. The Hall–Kier alpha value is -0.980. The SMILES string of the molecule is Cc1nc(C)n(CC2CN(CC(C)(C)N)CCO2)n1. The van der Waals surface area contributed by atoms with Gasteiger partial charge in [-0.15, -0.1) is 0 Å². The van der Waals surface area contributed by atoms with E-state index in [-0.39, 0.29) is 11.6 Å². The van der Waals surface area contributed by atoms with Crippen LogP contribution in [0.4, 0.5) is 0 Å². The Bertz CT molecular complexity index is 423. The lowest BCUT2D eigenvalue weighted by molar-refractivity contribution is -0.0420. The van der Waals surface area contributed by atoms with Crippen molar-refractivity contribution in [3.63, 3.8) is 0 Å². The third-order valence-electron chi connectivity index (χ3n) is 3.19. The van der Waals surface area contributed by atoms with Crippen molar-refractivity contribution in [3.8, 4) is 0 Å². The van der Waals surface area contributed by atoms with Gasteiger partial charge in [0.15, 0.2) is 0 Å². The fourth-order valence-electron chi connectivity index (χ4n) is 2.54. The molecule has 1 aliphatic heterocycles. The van der Waals surface area contributed by atoms with Crippen LogP contribution in [0.15, 0.2) is 0 Å². The molecule has 0 aliphatic carbocycles. The van der Waals surface area contributed by atoms with Gasteiger partial charge < -0.3 is 10.5 Å². The van der Waals surface area contributed by atoms with Crippen LogP contribution in [-0.4, -0.2) is 57.5 Å². The van der Waals surface area contributed by atoms with Gasteiger partial charge in [-0.2, -0.15) is 5.10 Å². The molecule has 0 saturated carbocycles. The van der Waals surface area contributed by atoms with Gasteiger partial charge in [0, 0.05) is 25.2 Å². The van der Waals surface area contributed by atoms with Crippen molar-refractivity contribution in [2.24, 2.45) is 5.73 Å². The molecule has 0 spiro atoms. The van der Waals surface area contributed by atoms with Crippen molar-refractivity contribution in [1.82, 2.24) is 19.7 Å². The van der Waals surface area contributed by atoms with Gasteiger partial charge in [-0.3, -0.25) is 4.90 Å². The zero-order valence-electron chi connectivity index (χ0n) is 12.4. The predicted octanol–water partition coefficient (Wildman–Crippen LogP) is 0.333. The van der Waals surface area contributed by atoms with E-state index in [4.69, 9.17) is 10.5 Å². The molecule has 1 unspecified atom stereocenters. The average Bonchev–Trinajstić information content (AvgIpc) is 2.55. The molecule has 1 atom stereocenters. The summed E-state index contributed by atoms with van der Waals surface area (Å²) in [6, 6.07) is 0. The summed E-state index contributed by atoms with van der Waals surface area (Å²) in [5.41, 5.74) is 5.92. The molecule has 1 aromatic rings. The summed E-state index contributed by atoms with van der Waals surface area (Å²) >= 11 is 0. The third-order valence-corrected chi connectivity index (χ3v) is 3.19. The highest BCUT2D eigenvalue weighted by molar-refractivity contribution is 4.89. The van der Waals surface area contributed by atoms with Gasteiger partial charge in [0.25, 0.3) is 0 Å². The molecule has 2 heterocycles. The van der Waals surface area contributed by atoms with Crippen molar-refractivity contribution in [3.05, 3.63) is 11.6 Å². The molecule has 6 nitrogen and oxygen atoms in total. The number of ether oxygens (including phenoxy) is 1. The van der Waals surface area contributed by atoms with E-state index in [0.717, 1.165) is 44.4 Å². The second-order valence-corrected chi connectivity index (χ2v) is 6.10. The van der Waals surface area contributed by atoms with Crippen LogP contribution in [0, 0.1) is 13.8 Å². The molecule has 19 heavy (non-hydrogen) atoms. The summed E-state index contributed by atoms with van der Waals surface area (Å²) in [7, 11) is 0. The maximum Gasteiger partial charge on any atom is 0.147 e. The molecule has 0 bridgehead atoms. The molecule has 2 rings (SSSR count). The van der Waals surface area contributed by atoms with E-state index in [1.807, 2.05) is 18.5 Å². The fraction of sp³-hybridized carbons (Fsp3) is 0.846. The Morgan fingerprint density at radius 2 is 2.16 bits per heavy atom. The van der Waals surface area contributed by atoms with Gasteiger partial charge in [-0.1, -0.05) is 0 Å². The van der Waals surface area contributed by atoms with E-state index in [1.54, 1.807) is 0 Å². The Labute approximate surface area is 114 Å². The average molecular weight is 267 g/mol. The predicted molar refractivity (Wildman–Crippen MR) is 73.9 cm³/mol. The second-order valence-electron chi connectivity index (χ2n) is 6.10. The van der Waals surface area contributed by atoms with E-state index in [2.05, 4.69) is 28.8 Å². The minimum Gasteiger partial charge on any atom is -0.374 e. The van der Waals surface area contributed by atoms with E-state index in [1.165, 1.54) is 0 Å². The highest BCUT2D eigenvalue weighted by atomic mass is 16.5. The number of nitrogens with zero attached hydrogens (tertiary/aromatic N) is 4. The van der Waals surface area contributed by atoms with Crippen molar-refractivity contribution in [2.75, 3.05) is 26.2 Å². The molecule has 1 fully saturated rings. The monoisotopic (exact) mass is 267 g/mol. The van der Waals surface area contributed by atoms with Gasteiger partial charge in [0.05, 0.1) is 19.3 Å². The maximum atomic E-state index is 6.08. The zero-order valence-corrected chi connectivity index (χ0v) is 12.4. The Balaban J connectivity index is 1.92. The van der Waals surface area contributed by atoms with E-state index in [9.17, 15) is 0 Å². The number of hydrogen-bond acceptors (Lipinski definition) is 5. The van der Waals surface area contributed by atoms with Crippen molar-refractivity contribution in [1.29, 1.82) is 0 Å². The number of aromatic nitrogens is 3. The first-order valence-corrected chi connectivity index (χ1v) is 6.84. The number of rotatable bonds is 4. The topological polar surface area (TPSA) is 69.2 Å². The molecular weight excluding hydrogens is 242 g/mol. The number of nitrogens with two attached hydrogens (primary N) is 1. The van der Waals surface area contributed by atoms with Crippen molar-refractivity contribution >= 4 is 0 Å². The number of hydrogen-bond donors (Lipinski definition) is 1. The van der Waals surface area contributed by atoms with Gasteiger partial charge >= 0.3 is 0 Å². The second kappa shape index (κ2) is 5.56. The van der Waals surface area contributed by atoms with E-state index >= 15 is 0 Å². The minimum absolute atomic E-state index is 0.163. The molecule has 1 aliphatic rings. The smallest absolute Gasteiger partial charge is 0.147 e. The lowest BCUT2D eigenvalue weighted by Crippen LogP contribution is -2.52. The zero-order chi connectivity index (χ0) is 14.0. The number of morpholine rings is 1. The molecular formula is C13H25N5O. The van der Waals surface area contributed by atoms with Crippen LogP contribution in [0.25, 0.3) is 0 Å². The van der Waals surface area contributed by atoms with Crippen LogP contribution < -0.4 is 5.73 Å². The highest BCUT2D eigenvalue weighted by Crippen LogP contribution is 2.11. The minimum atomic E-state index is -0.165. The molecule has 1 aromatic heterocycles. The van der Waals surface area contributed by atoms with Crippen LogP contribution >= 0.6 is 0 Å². The summed E-state index contributed by atoms with van der Waals surface area (Å²) in [6.45, 7) is 12.3. The molecule has 0 amide bonds. The Morgan fingerprint density at radius 3 is 2.74 bits per heavy atom. The summed E-state index contributed by atoms with van der Waals surface area (Å²) in [4.78, 5) is 6.69. The van der Waals surface area contributed by atoms with E-state index in [0.29, 0.717) is 0 Å². The first kappa shape index (κ1) is 14.4. The lowest BCUT2D eigenvalue weighted by Gasteiger charge is -2.36. The van der Waals surface area contributed by atoms with Gasteiger partial charge in [-0.05, 0) is 27.7 Å². The summed E-state index contributed by atoms with van der Waals surface area (Å²) in [5.74, 6) is 1.76. The van der Waals surface area contributed by atoms with Crippen LogP contribution in [0.1, 0.15) is 25.5 Å². The fourth-order valence-corrected chi connectivity index (χ4v) is 2.54. The molecule has 2 N–H and O–H groups in total. The largest absolute Gasteiger partial charge is 0.374 e. The molecule has 1 saturated heterocycles. The lowest BCUT2D eigenvalue weighted by atomic mass is 10.1. The molecule has 0 radical (unpaired) electrons. The van der Waals surface area contributed by atoms with Crippen molar-refractivity contribution in [2.45, 2.75) is 45.9 Å². The van der Waals surface area contributed by atoms with Crippen LogP contribution in [0.3, 0.4) is 0 Å². The van der Waals surface area contributed by atoms with Gasteiger partial charge in [0.1, 0.15) is 11.6 Å². The normalized spacial score (nSPS) is 21.8. The quantitative estimate of drug-likeness (QED) is 0.851. The van der Waals surface area contributed by atoms with Gasteiger partial charge in [-0.25, -0.2) is 9.67 Å². The highest BCUT2D eigenvalue weighted by Gasteiger charge is 2.25. The van der Waals surface area contributed by atoms with Gasteiger partial charge in [0.2, 0.25) is 0 Å². The molecule has 108 valence electrons. The summed E-state index contributed by atoms with van der Waals surface area (Å²) in [6.07, 6.45) is 0.163. The van der Waals surface area contributed by atoms with Crippen LogP contribution in [0.5, 0.6) is 0 Å². The maximum absolute atomic E-state index is 6.08. The summed E-state index contributed by atoms with van der Waals surface area (Å²) < 4.78 is 7.75.